The molecule has 1 aromatic heterocycles. The minimum atomic E-state index is -5.20. The van der Waals surface area contributed by atoms with Gasteiger partial charge in [0.2, 0.25) is 0 Å². The molecule has 35 heavy (non-hydrogen) atoms. The van der Waals surface area contributed by atoms with Crippen LogP contribution >= 0.6 is 0 Å². The molecule has 1 fully saturated rings. The van der Waals surface area contributed by atoms with E-state index in [1.165, 1.54) is 18.6 Å². The minimum Gasteiger partial charge on any atom is -0.481 e. The van der Waals surface area contributed by atoms with Crippen molar-refractivity contribution in [3.05, 3.63) is 58.8 Å². The van der Waals surface area contributed by atoms with Gasteiger partial charge in [0.15, 0.2) is 5.75 Å². The molecule has 0 radical (unpaired) electrons. The molecule has 0 spiro atoms. The fourth-order valence-corrected chi connectivity index (χ4v) is 4.71. The molecule has 0 amide bonds. The van der Waals surface area contributed by atoms with Crippen molar-refractivity contribution < 1.29 is 41.0 Å². The Balaban J connectivity index is 1.76. The lowest BCUT2D eigenvalue weighted by Crippen LogP contribution is -2.16. The highest BCUT2D eigenvalue weighted by molar-refractivity contribution is 5.84. The molecule has 10 heteroatoms. The van der Waals surface area contributed by atoms with Gasteiger partial charge in [-0.1, -0.05) is 32.1 Å². The van der Waals surface area contributed by atoms with Crippen LogP contribution in [0.3, 0.4) is 0 Å². The van der Waals surface area contributed by atoms with Crippen molar-refractivity contribution in [2.45, 2.75) is 57.3 Å². The number of aromatic amines is 1. The second-order valence-electron chi connectivity index (χ2n) is 8.92. The van der Waals surface area contributed by atoms with Gasteiger partial charge in [0.25, 0.3) is 0 Å². The van der Waals surface area contributed by atoms with Crippen LogP contribution in [-0.4, -0.2) is 16.1 Å². The molecule has 188 valence electrons. The van der Waals surface area contributed by atoms with Gasteiger partial charge < -0.3 is 14.8 Å². The zero-order valence-corrected chi connectivity index (χ0v) is 18.5. The summed E-state index contributed by atoms with van der Waals surface area (Å²) in [6.45, 7) is 0. The number of nitrogens with one attached hydrogen (secondary N) is 1. The van der Waals surface area contributed by atoms with Crippen LogP contribution < -0.4 is 4.74 Å². The molecule has 4 nitrogen and oxygen atoms in total. The molecule has 0 saturated heterocycles. The van der Waals surface area contributed by atoms with Crippen molar-refractivity contribution in [1.82, 2.24) is 4.98 Å². The van der Waals surface area contributed by atoms with Crippen LogP contribution in [0.5, 0.6) is 11.5 Å². The van der Waals surface area contributed by atoms with Gasteiger partial charge in [-0.15, -0.1) is 0 Å². The van der Waals surface area contributed by atoms with Gasteiger partial charge in [-0.2, -0.15) is 26.3 Å². The number of carboxylic acid groups (broad SMARTS) is 1. The van der Waals surface area contributed by atoms with Crippen LogP contribution in [0, 0.1) is 5.92 Å². The minimum absolute atomic E-state index is 0.177. The van der Waals surface area contributed by atoms with Crippen molar-refractivity contribution in [1.29, 1.82) is 0 Å². The topological polar surface area (TPSA) is 62.3 Å². The molecular weight excluding hydrogens is 476 g/mol. The van der Waals surface area contributed by atoms with Gasteiger partial charge >= 0.3 is 18.3 Å². The molecule has 1 aliphatic rings. The first-order chi connectivity index (χ1) is 16.4. The van der Waals surface area contributed by atoms with Crippen molar-refractivity contribution in [2.24, 2.45) is 5.92 Å². The van der Waals surface area contributed by atoms with E-state index in [4.69, 9.17) is 9.84 Å². The first-order valence-corrected chi connectivity index (χ1v) is 11.2. The van der Waals surface area contributed by atoms with E-state index in [1.807, 2.05) is 6.20 Å². The van der Waals surface area contributed by atoms with E-state index < -0.39 is 47.2 Å². The first-order valence-electron chi connectivity index (χ1n) is 11.2. The lowest BCUT2D eigenvalue weighted by molar-refractivity contribution is -0.145. The molecule has 2 aromatic carbocycles. The number of aromatic nitrogens is 1. The molecule has 4 rings (SSSR count). The number of rotatable bonds is 6. The summed E-state index contributed by atoms with van der Waals surface area (Å²) in [5.74, 6) is -2.65. The quantitative estimate of drug-likeness (QED) is 0.341. The van der Waals surface area contributed by atoms with Crippen molar-refractivity contribution >= 4 is 16.9 Å². The zero-order chi connectivity index (χ0) is 25.4. The monoisotopic (exact) mass is 499 g/mol. The lowest BCUT2D eigenvalue weighted by Gasteiger charge is -2.21. The number of fused-ring (bicyclic) bond motifs is 1. The summed E-state index contributed by atoms with van der Waals surface area (Å²) in [6, 6.07) is 5.07. The number of ether oxygens (including phenoxy) is 1. The Morgan fingerprint density at radius 2 is 1.60 bits per heavy atom. The maximum atomic E-state index is 13.8. The van der Waals surface area contributed by atoms with E-state index >= 15 is 0 Å². The normalized spacial score (nSPS) is 15.5. The Kier molecular flexibility index (Phi) is 6.75. The largest absolute Gasteiger partial charge is 0.481 e. The molecular formula is C25H23F6NO3. The van der Waals surface area contributed by atoms with Crippen molar-refractivity contribution in [3.8, 4) is 11.5 Å². The SMILES string of the molecule is O=C(O)Cc1cc(C(F)(F)F)c(Oc2ccc3[nH]cc(CC4CCCCC4)c3c2)c(C(F)(F)F)c1. The predicted molar refractivity (Wildman–Crippen MR) is 116 cm³/mol. The second-order valence-corrected chi connectivity index (χ2v) is 8.92. The van der Waals surface area contributed by atoms with E-state index in [0.29, 0.717) is 29.0 Å². The fraction of sp³-hybridized carbons (Fsp3) is 0.400. The lowest BCUT2D eigenvalue weighted by atomic mass is 9.85. The Hall–Kier alpha value is -3.17. The van der Waals surface area contributed by atoms with Gasteiger partial charge in [0.1, 0.15) is 5.75 Å². The molecule has 1 aliphatic carbocycles. The summed E-state index contributed by atoms with van der Waals surface area (Å²) in [5, 5.41) is 9.56. The average Bonchev–Trinajstić information content (AvgIpc) is 3.15. The summed E-state index contributed by atoms with van der Waals surface area (Å²) in [4.78, 5) is 14.0. The Labute approximate surface area is 196 Å². The standard InChI is InChI=1S/C25H23F6NO3/c26-24(27,28)19-9-15(11-22(33)34)10-20(25(29,30)31)23(19)35-17-6-7-21-18(12-17)16(13-32-21)8-14-4-2-1-3-5-14/h6-7,9-10,12-14,32H,1-5,8,11H2,(H,33,34). The molecule has 0 unspecified atom stereocenters. The zero-order valence-electron chi connectivity index (χ0n) is 18.5. The smallest absolute Gasteiger partial charge is 0.420 e. The summed E-state index contributed by atoms with van der Waals surface area (Å²) in [7, 11) is 0. The van der Waals surface area contributed by atoms with Crippen molar-refractivity contribution in [2.75, 3.05) is 0 Å². The summed E-state index contributed by atoms with van der Waals surface area (Å²) >= 11 is 0. The molecule has 1 heterocycles. The van der Waals surface area contributed by atoms with Gasteiger partial charge in [-0.05, 0) is 53.8 Å². The van der Waals surface area contributed by atoms with Gasteiger partial charge in [-0.3, -0.25) is 4.79 Å². The predicted octanol–water partition coefficient (Wildman–Crippen LogP) is 7.75. The van der Waals surface area contributed by atoms with Crippen LogP contribution in [0.1, 0.15) is 54.4 Å². The van der Waals surface area contributed by atoms with Crippen molar-refractivity contribution in [3.63, 3.8) is 0 Å². The van der Waals surface area contributed by atoms with Crippen LogP contribution in [-0.2, 0) is 30.0 Å². The summed E-state index contributed by atoms with van der Waals surface area (Å²) in [6.07, 6.45) is -3.20. The number of carboxylic acids is 1. The second kappa shape index (κ2) is 9.47. The molecule has 0 bridgehead atoms. The molecule has 2 N–H and O–H groups in total. The Morgan fingerprint density at radius 1 is 0.971 bits per heavy atom. The van der Waals surface area contributed by atoms with Gasteiger partial charge in [0.05, 0.1) is 17.5 Å². The highest BCUT2D eigenvalue weighted by Gasteiger charge is 2.43. The van der Waals surface area contributed by atoms with Gasteiger partial charge in [0, 0.05) is 17.1 Å². The summed E-state index contributed by atoms with van der Waals surface area (Å²) < 4.78 is 87.9. The van der Waals surface area contributed by atoms with Crippen LogP contribution in [0.15, 0.2) is 36.5 Å². The number of H-pyrrole nitrogens is 1. The number of aliphatic carboxylic acids is 1. The van der Waals surface area contributed by atoms with Crippen LogP contribution in [0.25, 0.3) is 10.9 Å². The van der Waals surface area contributed by atoms with Crippen LogP contribution in [0.2, 0.25) is 0 Å². The number of alkyl halides is 6. The average molecular weight is 499 g/mol. The molecule has 0 aliphatic heterocycles. The Morgan fingerprint density at radius 3 is 2.17 bits per heavy atom. The number of halogens is 6. The number of benzene rings is 2. The maximum Gasteiger partial charge on any atom is 0.420 e. The third-order valence-corrected chi connectivity index (χ3v) is 6.31. The molecule has 0 atom stereocenters. The number of carbonyl (C=O) groups is 1. The third-order valence-electron chi connectivity index (χ3n) is 6.31. The van der Waals surface area contributed by atoms with E-state index in [-0.39, 0.29) is 5.75 Å². The van der Waals surface area contributed by atoms with E-state index in [2.05, 4.69) is 4.98 Å². The van der Waals surface area contributed by atoms with E-state index in [1.54, 1.807) is 6.07 Å². The fourth-order valence-electron chi connectivity index (χ4n) is 4.71. The van der Waals surface area contributed by atoms with E-state index in [0.717, 1.165) is 37.7 Å². The summed E-state index contributed by atoms with van der Waals surface area (Å²) in [5.41, 5.74) is -2.35. The molecule has 1 saturated carbocycles. The maximum absolute atomic E-state index is 13.8. The Bertz CT molecular complexity index is 1190. The highest BCUT2D eigenvalue weighted by Crippen LogP contribution is 2.47. The first kappa shape index (κ1) is 24.9. The number of hydrogen-bond acceptors (Lipinski definition) is 2. The molecule has 3 aromatic rings. The highest BCUT2D eigenvalue weighted by atomic mass is 19.4. The van der Waals surface area contributed by atoms with Crippen LogP contribution in [0.4, 0.5) is 26.3 Å². The third kappa shape index (κ3) is 5.74. The van der Waals surface area contributed by atoms with E-state index in [9.17, 15) is 31.1 Å². The van der Waals surface area contributed by atoms with Gasteiger partial charge in [-0.25, -0.2) is 0 Å². The number of hydrogen-bond donors (Lipinski definition) is 2.